The molecule has 10 heteroatoms. The predicted molar refractivity (Wildman–Crippen MR) is 76.4 cm³/mol. The molecule has 1 aliphatic heterocycles. The molecule has 1 aliphatic rings. The molecule has 0 spiro atoms. The maximum atomic E-state index is 11.8. The first-order valence-electron chi connectivity index (χ1n) is 6.57. The first-order chi connectivity index (χ1) is 10.4. The number of hydrogen-bond donors (Lipinski definition) is 4. The minimum atomic E-state index is -0.903. The lowest BCUT2D eigenvalue weighted by Gasteiger charge is -2.17. The van der Waals surface area contributed by atoms with Crippen molar-refractivity contribution in [1.82, 2.24) is 9.97 Å². The number of hydroxylamine groups is 1. The van der Waals surface area contributed by atoms with Crippen molar-refractivity contribution in [3.8, 4) is 0 Å². The first-order valence-corrected chi connectivity index (χ1v) is 6.57. The number of nitrogens with zero attached hydrogens (tertiary/aromatic N) is 2. The molecular formula is C12H16N4O6. The van der Waals surface area contributed by atoms with Crippen molar-refractivity contribution in [2.24, 2.45) is 4.99 Å². The number of carbonyl (C=O) groups excluding carboxylic acids is 1. The number of H-pyrrole nitrogens is 2. The summed E-state index contributed by atoms with van der Waals surface area (Å²) in [5.74, 6) is -0.442. The third kappa shape index (κ3) is 3.47. The summed E-state index contributed by atoms with van der Waals surface area (Å²) in [7, 11) is 0. The van der Waals surface area contributed by atoms with Crippen molar-refractivity contribution in [3.63, 3.8) is 0 Å². The minimum absolute atomic E-state index is 0.0212. The van der Waals surface area contributed by atoms with Gasteiger partial charge in [0.05, 0.1) is 12.8 Å². The summed E-state index contributed by atoms with van der Waals surface area (Å²) in [5, 5.41) is 19.9. The lowest BCUT2D eigenvalue weighted by Crippen LogP contribution is -2.29. The van der Waals surface area contributed by atoms with E-state index in [0.717, 1.165) is 11.3 Å². The monoisotopic (exact) mass is 312 g/mol. The van der Waals surface area contributed by atoms with Crippen molar-refractivity contribution in [2.45, 2.75) is 25.6 Å². The topological polar surface area (TPSA) is 148 Å². The Kier molecular flexibility index (Phi) is 4.85. The van der Waals surface area contributed by atoms with Crippen molar-refractivity contribution in [1.29, 1.82) is 0 Å². The normalized spacial score (nSPS) is 21.7. The summed E-state index contributed by atoms with van der Waals surface area (Å²) in [5.41, 5.74) is -1.78. The molecule has 4 N–H and O–H groups in total. The Hall–Kier alpha value is -2.30. The number of hydrogen-bond acceptors (Lipinski definition) is 8. The molecule has 2 heterocycles. The summed E-state index contributed by atoms with van der Waals surface area (Å²) in [6.07, 6.45) is -0.446. The molecule has 2 atom stereocenters. The molecule has 0 unspecified atom stereocenters. The van der Waals surface area contributed by atoms with Crippen LogP contribution in [-0.4, -0.2) is 57.5 Å². The van der Waals surface area contributed by atoms with Gasteiger partial charge in [0.15, 0.2) is 17.3 Å². The second kappa shape index (κ2) is 6.64. The quantitative estimate of drug-likeness (QED) is 0.470. The highest BCUT2D eigenvalue weighted by Gasteiger charge is 2.34. The van der Waals surface area contributed by atoms with Gasteiger partial charge in [0.2, 0.25) is 0 Å². The van der Waals surface area contributed by atoms with Crippen molar-refractivity contribution < 1.29 is 19.8 Å². The van der Waals surface area contributed by atoms with Gasteiger partial charge in [-0.1, -0.05) is 0 Å². The molecule has 0 radical (unpaired) electrons. The largest absolute Gasteiger partial charge is 0.396 e. The van der Waals surface area contributed by atoms with Crippen LogP contribution in [0.4, 0.5) is 11.5 Å². The zero-order chi connectivity index (χ0) is 16.3. The maximum Gasteiger partial charge on any atom is 0.327 e. The van der Waals surface area contributed by atoms with Gasteiger partial charge in [-0.25, -0.2) is 14.9 Å². The van der Waals surface area contributed by atoms with E-state index in [9.17, 15) is 19.5 Å². The SMILES string of the molecule is CC(=O)C=Nc1c(N2C[C@H](O)[C@@H](CCO)O2)[nH]c(=O)[nH]c1=O. The zero-order valence-electron chi connectivity index (χ0n) is 11.8. The minimum Gasteiger partial charge on any atom is -0.396 e. The first kappa shape index (κ1) is 16.1. The number of anilines is 1. The number of aliphatic hydroxyl groups excluding tert-OH is 2. The van der Waals surface area contributed by atoms with Gasteiger partial charge >= 0.3 is 5.69 Å². The van der Waals surface area contributed by atoms with Crippen LogP contribution in [0.15, 0.2) is 14.6 Å². The molecule has 1 aromatic heterocycles. The third-order valence-corrected chi connectivity index (χ3v) is 2.98. The highest BCUT2D eigenvalue weighted by atomic mass is 16.7. The van der Waals surface area contributed by atoms with Gasteiger partial charge in [0.25, 0.3) is 5.56 Å². The van der Waals surface area contributed by atoms with E-state index < -0.39 is 23.5 Å². The van der Waals surface area contributed by atoms with Crippen molar-refractivity contribution in [2.75, 3.05) is 18.2 Å². The zero-order valence-corrected chi connectivity index (χ0v) is 11.8. The Morgan fingerprint density at radius 3 is 2.86 bits per heavy atom. The Labute approximate surface area is 124 Å². The smallest absolute Gasteiger partial charge is 0.327 e. The second-order valence-corrected chi connectivity index (χ2v) is 4.76. The second-order valence-electron chi connectivity index (χ2n) is 4.76. The number of ketones is 1. The lowest BCUT2D eigenvalue weighted by atomic mass is 10.1. The summed E-state index contributed by atoms with van der Waals surface area (Å²) in [6.45, 7) is 1.06. The fourth-order valence-corrected chi connectivity index (χ4v) is 2.00. The molecule has 0 aliphatic carbocycles. The van der Waals surface area contributed by atoms with Crippen LogP contribution in [-0.2, 0) is 9.63 Å². The van der Waals surface area contributed by atoms with Gasteiger partial charge in [0, 0.05) is 20.0 Å². The molecule has 2 rings (SSSR count). The number of nitrogens with one attached hydrogen (secondary N) is 2. The third-order valence-electron chi connectivity index (χ3n) is 2.98. The Morgan fingerprint density at radius 1 is 1.50 bits per heavy atom. The molecule has 1 fully saturated rings. The van der Waals surface area contributed by atoms with Crippen LogP contribution in [0.1, 0.15) is 13.3 Å². The number of rotatable bonds is 5. The van der Waals surface area contributed by atoms with Crippen LogP contribution >= 0.6 is 0 Å². The average Bonchev–Trinajstić information content (AvgIpc) is 2.78. The number of aliphatic hydroxyl groups is 2. The molecule has 0 saturated carbocycles. The van der Waals surface area contributed by atoms with Gasteiger partial charge in [0.1, 0.15) is 12.2 Å². The van der Waals surface area contributed by atoms with Gasteiger partial charge in [-0.3, -0.25) is 24.4 Å². The molecular weight excluding hydrogens is 296 g/mol. The Bertz CT molecular complexity index is 694. The van der Waals surface area contributed by atoms with Crippen LogP contribution in [0.3, 0.4) is 0 Å². The number of aliphatic imine (C=N–C) groups is 1. The van der Waals surface area contributed by atoms with Crippen LogP contribution in [0, 0.1) is 0 Å². The standard InChI is InChI=1S/C12H16N4O6/c1-6(18)4-13-9-10(14-12(21)15-11(9)20)16-5-7(19)8(22-16)2-3-17/h4,7-8,17,19H,2-3,5H2,1H3,(H2,14,15,20,21)/t7-,8+/m0/s1. The highest BCUT2D eigenvalue weighted by molar-refractivity contribution is 6.26. The number of Topliss-reactive ketones (excluding diaryl/α,β-unsaturated/α-hetero) is 1. The molecule has 22 heavy (non-hydrogen) atoms. The fourth-order valence-electron chi connectivity index (χ4n) is 2.00. The van der Waals surface area contributed by atoms with E-state index >= 15 is 0 Å². The summed E-state index contributed by atoms with van der Waals surface area (Å²) in [6, 6.07) is 0. The average molecular weight is 312 g/mol. The van der Waals surface area contributed by atoms with E-state index in [4.69, 9.17) is 9.94 Å². The fraction of sp³-hybridized carbons (Fsp3) is 0.500. The molecule has 0 amide bonds. The van der Waals surface area contributed by atoms with Crippen molar-refractivity contribution >= 4 is 23.5 Å². The van der Waals surface area contributed by atoms with Gasteiger partial charge in [-0.2, -0.15) is 0 Å². The van der Waals surface area contributed by atoms with Gasteiger partial charge in [-0.05, 0) is 0 Å². The van der Waals surface area contributed by atoms with Crippen molar-refractivity contribution in [3.05, 3.63) is 20.8 Å². The Morgan fingerprint density at radius 2 is 2.23 bits per heavy atom. The maximum absolute atomic E-state index is 11.8. The van der Waals surface area contributed by atoms with E-state index in [0.29, 0.717) is 0 Å². The summed E-state index contributed by atoms with van der Waals surface area (Å²) < 4.78 is 0. The van der Waals surface area contributed by atoms with E-state index in [1.54, 1.807) is 0 Å². The predicted octanol–water partition coefficient (Wildman–Crippen LogP) is -1.78. The molecule has 1 aromatic rings. The van der Waals surface area contributed by atoms with E-state index in [1.807, 2.05) is 4.98 Å². The van der Waals surface area contributed by atoms with E-state index in [1.165, 1.54) is 6.92 Å². The summed E-state index contributed by atoms with van der Waals surface area (Å²) >= 11 is 0. The van der Waals surface area contributed by atoms with Gasteiger partial charge in [-0.15, -0.1) is 0 Å². The number of carbonyl (C=O) groups is 1. The van der Waals surface area contributed by atoms with E-state index in [2.05, 4.69) is 9.98 Å². The van der Waals surface area contributed by atoms with Crippen LogP contribution in [0.25, 0.3) is 0 Å². The van der Waals surface area contributed by atoms with Crippen LogP contribution in [0.5, 0.6) is 0 Å². The molecule has 1 saturated heterocycles. The highest BCUT2D eigenvalue weighted by Crippen LogP contribution is 2.27. The molecule has 0 bridgehead atoms. The lowest BCUT2D eigenvalue weighted by molar-refractivity contribution is -0.110. The van der Waals surface area contributed by atoms with E-state index in [-0.39, 0.29) is 36.9 Å². The Balaban J connectivity index is 2.40. The van der Waals surface area contributed by atoms with Crippen LogP contribution < -0.4 is 16.3 Å². The summed E-state index contributed by atoms with van der Waals surface area (Å²) in [4.78, 5) is 47.7. The molecule has 0 aromatic carbocycles. The van der Waals surface area contributed by atoms with Crippen LogP contribution in [0.2, 0.25) is 0 Å². The molecule has 120 valence electrons. The molecule has 10 nitrogen and oxygen atoms in total. The number of β-amino-alcohol motifs (C(OH)–C–C–N with tert-alkyl or cyclic N) is 1. The number of aromatic nitrogens is 2. The number of aromatic amines is 2. The van der Waals surface area contributed by atoms with Gasteiger partial charge < -0.3 is 10.2 Å².